The molecule has 5 nitrogen and oxygen atoms in total. The molecular formula is C9H7N3O2. The minimum Gasteiger partial charge on any atom is -0.306 e. The van der Waals surface area contributed by atoms with E-state index in [4.69, 9.17) is 0 Å². The molecule has 0 amide bonds. The number of hydrogen-bond acceptors (Lipinski definition) is 3. The molecule has 2 aromatic rings. The van der Waals surface area contributed by atoms with E-state index in [1.54, 1.807) is 18.2 Å². The fourth-order valence-corrected chi connectivity index (χ4v) is 1.37. The van der Waals surface area contributed by atoms with Crippen LogP contribution in [-0.4, -0.2) is 16.0 Å². The lowest BCUT2D eigenvalue weighted by Crippen LogP contribution is -1.99. The monoisotopic (exact) mass is 189 g/mol. The summed E-state index contributed by atoms with van der Waals surface area (Å²) in [6.07, 6.45) is 1.46. The van der Waals surface area contributed by atoms with E-state index in [1.807, 2.05) is 0 Å². The predicted octanol–water partition coefficient (Wildman–Crippen LogP) is 0.692. The molecule has 0 saturated carbocycles. The summed E-state index contributed by atoms with van der Waals surface area (Å²) in [5, 5.41) is 0. The molecule has 0 saturated heterocycles. The number of aromatic amines is 2. The zero-order chi connectivity index (χ0) is 9.97. The zero-order valence-electron chi connectivity index (χ0n) is 7.20. The summed E-state index contributed by atoms with van der Waals surface area (Å²) in [7, 11) is 0. The third-order valence-electron chi connectivity index (χ3n) is 1.95. The van der Waals surface area contributed by atoms with Gasteiger partial charge in [0.15, 0.2) is 0 Å². The van der Waals surface area contributed by atoms with Crippen LogP contribution in [0.25, 0.3) is 11.0 Å². The number of aromatic nitrogens is 2. The lowest BCUT2D eigenvalue weighted by atomic mass is 10.2. The average molecular weight is 189 g/mol. The summed E-state index contributed by atoms with van der Waals surface area (Å²) < 4.78 is 0. The number of rotatable bonds is 2. The van der Waals surface area contributed by atoms with E-state index in [0.29, 0.717) is 11.0 Å². The number of nitrogens with zero attached hydrogens (tertiary/aromatic N) is 1. The topological polar surface area (TPSA) is 78.1 Å². The van der Waals surface area contributed by atoms with Gasteiger partial charge in [0.1, 0.15) is 0 Å². The summed E-state index contributed by atoms with van der Waals surface area (Å²) in [6, 6.07) is 5.37. The Morgan fingerprint density at radius 1 is 1.36 bits per heavy atom. The number of hydrogen-bond donors (Lipinski definition) is 2. The van der Waals surface area contributed by atoms with Crippen molar-refractivity contribution in [2.24, 2.45) is 4.99 Å². The van der Waals surface area contributed by atoms with Crippen LogP contribution in [-0.2, 0) is 11.3 Å². The second kappa shape index (κ2) is 3.32. The van der Waals surface area contributed by atoms with Crippen molar-refractivity contribution < 1.29 is 4.79 Å². The molecule has 1 heterocycles. The van der Waals surface area contributed by atoms with Crippen molar-refractivity contribution in [1.82, 2.24) is 9.97 Å². The van der Waals surface area contributed by atoms with Crippen molar-refractivity contribution in [3.63, 3.8) is 0 Å². The zero-order valence-corrected chi connectivity index (χ0v) is 7.20. The lowest BCUT2D eigenvalue weighted by molar-refractivity contribution is 0.563. The predicted molar refractivity (Wildman–Crippen MR) is 50.7 cm³/mol. The summed E-state index contributed by atoms with van der Waals surface area (Å²) in [4.78, 5) is 29.7. The normalized spacial score (nSPS) is 10.0. The van der Waals surface area contributed by atoms with Crippen LogP contribution in [0, 0.1) is 0 Å². The van der Waals surface area contributed by atoms with Gasteiger partial charge < -0.3 is 9.97 Å². The Morgan fingerprint density at radius 3 is 3.00 bits per heavy atom. The number of carbonyl (C=O) groups excluding carboxylic acids is 1. The van der Waals surface area contributed by atoms with E-state index in [1.165, 1.54) is 6.08 Å². The molecule has 70 valence electrons. The molecule has 0 aliphatic rings. The quantitative estimate of drug-likeness (QED) is 0.538. The molecule has 0 aliphatic heterocycles. The van der Waals surface area contributed by atoms with Crippen molar-refractivity contribution in [3.8, 4) is 0 Å². The van der Waals surface area contributed by atoms with E-state index in [2.05, 4.69) is 15.0 Å². The largest absolute Gasteiger partial charge is 0.323 e. The molecule has 1 aromatic carbocycles. The molecule has 0 bridgehead atoms. The van der Waals surface area contributed by atoms with Crippen LogP contribution in [0.3, 0.4) is 0 Å². The number of fused-ring (bicyclic) bond motifs is 1. The second-order valence-corrected chi connectivity index (χ2v) is 2.83. The fraction of sp³-hybridized carbons (Fsp3) is 0.111. The summed E-state index contributed by atoms with van der Waals surface area (Å²) >= 11 is 0. The highest BCUT2D eigenvalue weighted by Gasteiger charge is 2.02. The number of H-pyrrole nitrogens is 2. The van der Waals surface area contributed by atoms with Gasteiger partial charge in [0, 0.05) is 5.56 Å². The first-order chi connectivity index (χ1) is 6.81. The maximum absolute atomic E-state index is 11.0. The SMILES string of the molecule is O=C=NCc1cccc2[nH]c(=O)[nH]c12. The van der Waals surface area contributed by atoms with Crippen molar-refractivity contribution in [3.05, 3.63) is 34.2 Å². The lowest BCUT2D eigenvalue weighted by Gasteiger charge is -1.95. The molecule has 2 rings (SSSR count). The number of benzene rings is 1. The van der Waals surface area contributed by atoms with E-state index < -0.39 is 0 Å². The highest BCUT2D eigenvalue weighted by atomic mass is 16.1. The molecule has 14 heavy (non-hydrogen) atoms. The number of nitrogens with one attached hydrogen (secondary N) is 2. The van der Waals surface area contributed by atoms with E-state index in [-0.39, 0.29) is 12.2 Å². The summed E-state index contributed by atoms with van der Waals surface area (Å²) in [6.45, 7) is 0.231. The first-order valence-electron chi connectivity index (χ1n) is 4.05. The summed E-state index contributed by atoms with van der Waals surface area (Å²) in [5.41, 5.74) is 1.94. The van der Waals surface area contributed by atoms with Gasteiger partial charge >= 0.3 is 5.69 Å². The molecule has 1 aromatic heterocycles. The number of para-hydroxylation sites is 1. The van der Waals surface area contributed by atoms with Crippen molar-refractivity contribution in [1.29, 1.82) is 0 Å². The molecular weight excluding hydrogens is 182 g/mol. The van der Waals surface area contributed by atoms with Gasteiger partial charge in [-0.2, -0.15) is 0 Å². The summed E-state index contributed by atoms with van der Waals surface area (Å²) in [5.74, 6) is 0. The van der Waals surface area contributed by atoms with Crippen LogP contribution in [0.15, 0.2) is 28.0 Å². The van der Waals surface area contributed by atoms with E-state index >= 15 is 0 Å². The Balaban J connectivity index is 2.63. The van der Waals surface area contributed by atoms with Crippen LogP contribution >= 0.6 is 0 Å². The van der Waals surface area contributed by atoms with Gasteiger partial charge in [0.2, 0.25) is 6.08 Å². The minimum absolute atomic E-state index is 0.231. The second-order valence-electron chi connectivity index (χ2n) is 2.83. The van der Waals surface area contributed by atoms with Crippen LogP contribution < -0.4 is 5.69 Å². The third kappa shape index (κ3) is 1.36. The van der Waals surface area contributed by atoms with Crippen LogP contribution in [0.5, 0.6) is 0 Å². The Morgan fingerprint density at radius 2 is 2.21 bits per heavy atom. The standard InChI is InChI=1S/C9H7N3O2/c13-5-10-4-6-2-1-3-7-8(6)12-9(14)11-7/h1-3H,4H2,(H2,11,12,14). The molecule has 0 radical (unpaired) electrons. The molecule has 0 spiro atoms. The van der Waals surface area contributed by atoms with Crippen molar-refractivity contribution in [2.45, 2.75) is 6.54 Å². The van der Waals surface area contributed by atoms with E-state index in [0.717, 1.165) is 5.56 Å². The van der Waals surface area contributed by atoms with Crippen molar-refractivity contribution >= 4 is 17.1 Å². The molecule has 0 atom stereocenters. The first kappa shape index (κ1) is 8.47. The molecule has 2 N–H and O–H groups in total. The highest BCUT2D eigenvalue weighted by molar-refractivity contribution is 5.78. The molecule has 0 aliphatic carbocycles. The van der Waals surface area contributed by atoms with Gasteiger partial charge in [0.05, 0.1) is 17.6 Å². The first-order valence-corrected chi connectivity index (χ1v) is 4.05. The Kier molecular flexibility index (Phi) is 2.01. The van der Waals surface area contributed by atoms with Crippen LogP contribution in [0.4, 0.5) is 0 Å². The smallest absolute Gasteiger partial charge is 0.306 e. The minimum atomic E-state index is -0.262. The maximum atomic E-state index is 11.0. The Bertz CT molecular complexity index is 561. The highest BCUT2D eigenvalue weighted by Crippen LogP contribution is 2.13. The molecule has 0 unspecified atom stereocenters. The van der Waals surface area contributed by atoms with Gasteiger partial charge in [-0.15, -0.1) is 0 Å². The average Bonchev–Trinajstić information content (AvgIpc) is 2.55. The Labute approximate surface area is 78.5 Å². The fourth-order valence-electron chi connectivity index (χ4n) is 1.37. The number of aliphatic imine (C=N–C) groups is 1. The molecule has 0 fully saturated rings. The van der Waals surface area contributed by atoms with Gasteiger partial charge in [-0.3, -0.25) is 0 Å². The van der Waals surface area contributed by atoms with E-state index in [9.17, 15) is 9.59 Å². The van der Waals surface area contributed by atoms with Crippen molar-refractivity contribution in [2.75, 3.05) is 0 Å². The van der Waals surface area contributed by atoms with Gasteiger partial charge in [0.25, 0.3) is 0 Å². The van der Waals surface area contributed by atoms with Crippen LogP contribution in [0.1, 0.15) is 5.56 Å². The Hall–Kier alpha value is -2.13. The molecule has 5 heteroatoms. The number of imidazole rings is 1. The van der Waals surface area contributed by atoms with Gasteiger partial charge in [-0.25, -0.2) is 14.6 Å². The van der Waals surface area contributed by atoms with Gasteiger partial charge in [-0.05, 0) is 6.07 Å². The maximum Gasteiger partial charge on any atom is 0.323 e. The van der Waals surface area contributed by atoms with Crippen LogP contribution in [0.2, 0.25) is 0 Å². The third-order valence-corrected chi connectivity index (χ3v) is 1.95. The van der Waals surface area contributed by atoms with Gasteiger partial charge in [-0.1, -0.05) is 12.1 Å². The number of isocyanates is 1.